The highest BCUT2D eigenvalue weighted by molar-refractivity contribution is 5.93. The van der Waals surface area contributed by atoms with Crippen molar-refractivity contribution in [2.75, 3.05) is 0 Å². The first kappa shape index (κ1) is 12.3. The Bertz CT molecular complexity index is 1470. The van der Waals surface area contributed by atoms with Gasteiger partial charge in [-0.15, -0.1) is 0 Å². The van der Waals surface area contributed by atoms with Gasteiger partial charge in [0.1, 0.15) is 0 Å². The van der Waals surface area contributed by atoms with Crippen LogP contribution in [-0.4, -0.2) is 0 Å². The summed E-state index contributed by atoms with van der Waals surface area (Å²) >= 11 is 0. The van der Waals surface area contributed by atoms with Crippen LogP contribution in [0.2, 0.25) is 0 Å². The van der Waals surface area contributed by atoms with E-state index in [9.17, 15) is 0 Å². The van der Waals surface area contributed by atoms with E-state index in [4.69, 9.17) is 0 Å². The second-order valence-corrected chi connectivity index (χ2v) is 6.65. The van der Waals surface area contributed by atoms with Gasteiger partial charge in [0.25, 0.3) is 0 Å². The van der Waals surface area contributed by atoms with Gasteiger partial charge in [-0.1, -0.05) is 60.7 Å². The Balaban J connectivity index is 1.84. The van der Waals surface area contributed by atoms with Crippen LogP contribution in [0.15, 0.2) is 72.8 Å². The Morgan fingerprint density at radius 1 is 0.500 bits per heavy atom. The van der Waals surface area contributed by atoms with E-state index in [-0.39, 0.29) is 0 Å². The van der Waals surface area contributed by atoms with Gasteiger partial charge >= 0.3 is 0 Å². The van der Waals surface area contributed by atoms with Gasteiger partial charge < -0.3 is 0 Å². The Labute approximate surface area is 138 Å². The maximum atomic E-state index is 2.37. The molecule has 0 atom stereocenters. The molecule has 0 unspecified atom stereocenters. The predicted molar refractivity (Wildman–Crippen MR) is 98.6 cm³/mol. The summed E-state index contributed by atoms with van der Waals surface area (Å²) in [5, 5.41) is 10.7. The fourth-order valence-corrected chi connectivity index (χ4v) is 4.21. The first-order valence-corrected chi connectivity index (χ1v) is 8.37. The summed E-state index contributed by atoms with van der Waals surface area (Å²) in [5.41, 5.74) is 2.70. The average molecular weight is 302 g/mol. The lowest BCUT2D eigenvalue weighted by atomic mass is 10.00. The molecule has 4 aromatic rings. The van der Waals surface area contributed by atoms with Crippen LogP contribution in [0, 0.1) is 20.9 Å². The monoisotopic (exact) mass is 302 g/mol. The van der Waals surface area contributed by atoms with Crippen molar-refractivity contribution in [3.63, 3.8) is 0 Å². The molecule has 0 bridgehead atoms. The van der Waals surface area contributed by atoms with Crippen molar-refractivity contribution in [2.24, 2.45) is 0 Å². The quantitative estimate of drug-likeness (QED) is 0.401. The zero-order valence-electron chi connectivity index (χ0n) is 13.1. The van der Waals surface area contributed by atoms with Crippen LogP contribution in [-0.2, 0) is 0 Å². The normalized spacial score (nSPS) is 12.8. The Morgan fingerprint density at radius 3 is 2.04 bits per heavy atom. The Kier molecular flexibility index (Phi) is 2.18. The molecule has 4 aromatic carbocycles. The third-order valence-corrected chi connectivity index (χ3v) is 5.34. The lowest BCUT2D eigenvalue weighted by molar-refractivity contribution is 1.48. The average Bonchev–Trinajstić information content (AvgIpc) is 3.18. The van der Waals surface area contributed by atoms with E-state index in [1.807, 2.05) is 0 Å². The minimum atomic E-state index is 1.32. The molecule has 2 aliphatic rings. The molecule has 0 spiro atoms. The van der Waals surface area contributed by atoms with Crippen LogP contribution < -0.4 is 10.4 Å². The third kappa shape index (κ3) is 1.48. The van der Waals surface area contributed by atoms with Crippen LogP contribution in [0.25, 0.3) is 22.9 Å². The van der Waals surface area contributed by atoms with Crippen molar-refractivity contribution in [1.29, 1.82) is 0 Å². The van der Waals surface area contributed by atoms with Gasteiger partial charge in [0.15, 0.2) is 0 Å². The molecule has 110 valence electrons. The molecule has 24 heavy (non-hydrogen) atoms. The van der Waals surface area contributed by atoms with Gasteiger partial charge in [0.2, 0.25) is 0 Å². The van der Waals surface area contributed by atoms with E-state index >= 15 is 0 Å². The molecule has 0 fully saturated rings. The second-order valence-electron chi connectivity index (χ2n) is 6.65. The zero-order valence-corrected chi connectivity index (χ0v) is 13.1. The minimum absolute atomic E-state index is 1.32. The van der Waals surface area contributed by atoms with E-state index in [0.29, 0.717) is 0 Å². The summed E-state index contributed by atoms with van der Waals surface area (Å²) in [6, 6.07) is 26.6. The summed E-state index contributed by atoms with van der Waals surface area (Å²) in [4.78, 5) is 0. The van der Waals surface area contributed by atoms with Crippen LogP contribution in [0.4, 0.5) is 0 Å². The van der Waals surface area contributed by atoms with E-state index < -0.39 is 0 Å². The van der Waals surface area contributed by atoms with Crippen molar-refractivity contribution in [3.8, 4) is 0 Å². The smallest absolute Gasteiger partial charge is 0.00928 e. The number of benzene rings is 4. The summed E-state index contributed by atoms with van der Waals surface area (Å²) in [5.74, 6) is 0. The first-order chi connectivity index (χ1) is 11.9. The molecular weight excluding hydrogens is 288 g/mol. The highest BCUT2D eigenvalue weighted by atomic mass is 14.1. The topological polar surface area (TPSA) is 0 Å². The van der Waals surface area contributed by atoms with Crippen LogP contribution >= 0.6 is 0 Å². The van der Waals surface area contributed by atoms with Gasteiger partial charge in [-0.3, -0.25) is 0 Å². The van der Waals surface area contributed by atoms with Crippen LogP contribution in [0.5, 0.6) is 0 Å². The lowest BCUT2D eigenvalue weighted by Crippen LogP contribution is -1.96. The summed E-state index contributed by atoms with van der Waals surface area (Å²) in [7, 11) is 0. The molecule has 0 nitrogen and oxygen atoms in total. The Morgan fingerprint density at radius 2 is 1.21 bits per heavy atom. The molecule has 0 saturated heterocycles. The molecule has 0 aliphatic heterocycles. The van der Waals surface area contributed by atoms with Crippen LogP contribution in [0.3, 0.4) is 0 Å². The maximum absolute atomic E-state index is 2.37. The zero-order chi connectivity index (χ0) is 15.7. The summed E-state index contributed by atoms with van der Waals surface area (Å²) in [6.45, 7) is 0. The molecule has 0 N–H and O–H groups in total. The van der Waals surface area contributed by atoms with Crippen molar-refractivity contribution >= 4 is 22.9 Å². The number of rotatable bonds is 0. The Hall–Kier alpha value is -3.12. The standard InChI is InChI=1S/C24H14/c1-4-8-20-15(5-1)11-18-14-22-17(12-23(18)20)9-10-21-19-7-3-2-6-16(19)13-24(21)22/h1-14H. The van der Waals surface area contributed by atoms with Gasteiger partial charge in [0, 0.05) is 0 Å². The van der Waals surface area contributed by atoms with Crippen molar-refractivity contribution in [2.45, 2.75) is 0 Å². The number of fused-ring (bicyclic) bond motifs is 6. The molecule has 0 saturated carbocycles. The van der Waals surface area contributed by atoms with Crippen molar-refractivity contribution < 1.29 is 0 Å². The molecule has 0 aromatic heterocycles. The SMILES string of the molecule is C1=c2ccccc2=c2cc3ccc4c(c3cc21)C=c1ccccc1=4. The second kappa shape index (κ2) is 4.24. The molecule has 2 aliphatic carbocycles. The van der Waals surface area contributed by atoms with Crippen LogP contribution in [0.1, 0.15) is 11.1 Å². The van der Waals surface area contributed by atoms with E-state index in [0.717, 1.165) is 0 Å². The highest BCUT2D eigenvalue weighted by Crippen LogP contribution is 2.26. The van der Waals surface area contributed by atoms with E-state index in [1.165, 1.54) is 53.2 Å². The highest BCUT2D eigenvalue weighted by Gasteiger charge is 2.10. The van der Waals surface area contributed by atoms with Crippen molar-refractivity contribution in [1.82, 2.24) is 0 Å². The fraction of sp³-hybridized carbons (Fsp3) is 0. The fourth-order valence-electron chi connectivity index (χ4n) is 4.21. The molecule has 0 heterocycles. The van der Waals surface area contributed by atoms with Gasteiger partial charge in [-0.05, 0) is 77.5 Å². The van der Waals surface area contributed by atoms with Gasteiger partial charge in [0.05, 0.1) is 0 Å². The maximum Gasteiger partial charge on any atom is -0.00928 e. The van der Waals surface area contributed by atoms with E-state index in [2.05, 4.69) is 84.9 Å². The largest absolute Gasteiger partial charge is 0.0616 e. The minimum Gasteiger partial charge on any atom is -0.0616 e. The molecule has 6 rings (SSSR count). The third-order valence-electron chi connectivity index (χ3n) is 5.34. The van der Waals surface area contributed by atoms with Gasteiger partial charge in [-0.25, -0.2) is 0 Å². The molecule has 0 heteroatoms. The molecule has 0 amide bonds. The summed E-state index contributed by atoms with van der Waals surface area (Å²) in [6.07, 6.45) is 4.65. The molecular formula is C24H14. The lowest BCUT2D eigenvalue weighted by Gasteiger charge is -2.04. The number of hydrogen-bond acceptors (Lipinski definition) is 0. The molecule has 0 radical (unpaired) electrons. The number of hydrogen-bond donors (Lipinski definition) is 0. The predicted octanol–water partition coefficient (Wildman–Crippen LogP) is 3.70. The van der Waals surface area contributed by atoms with E-state index in [1.54, 1.807) is 0 Å². The van der Waals surface area contributed by atoms with Gasteiger partial charge in [-0.2, -0.15) is 0 Å². The van der Waals surface area contributed by atoms with Crippen molar-refractivity contribution in [3.05, 3.63) is 115 Å². The summed E-state index contributed by atoms with van der Waals surface area (Å²) < 4.78 is 0. The first-order valence-electron chi connectivity index (χ1n) is 8.37.